The molecular weight excluding hydrogens is 242 g/mol. The molecular formula is C15H13NO3. The van der Waals surface area contributed by atoms with Gasteiger partial charge in [-0.25, -0.2) is 0 Å². The van der Waals surface area contributed by atoms with Crippen molar-refractivity contribution in [2.75, 3.05) is 12.1 Å². The Morgan fingerprint density at radius 2 is 1.79 bits per heavy atom. The third kappa shape index (κ3) is 2.38. The number of carbonyl (C=O) groups is 1. The summed E-state index contributed by atoms with van der Waals surface area (Å²) in [5.74, 6) is 1.12. The molecule has 0 radical (unpaired) electrons. The van der Waals surface area contributed by atoms with Crippen molar-refractivity contribution < 1.29 is 14.3 Å². The highest BCUT2D eigenvalue weighted by Crippen LogP contribution is 2.32. The summed E-state index contributed by atoms with van der Waals surface area (Å²) in [7, 11) is 0. The largest absolute Gasteiger partial charge is 0.454 e. The van der Waals surface area contributed by atoms with E-state index in [2.05, 4.69) is 5.32 Å². The molecule has 0 aromatic heterocycles. The van der Waals surface area contributed by atoms with Gasteiger partial charge in [-0.05, 0) is 37.3 Å². The lowest BCUT2D eigenvalue weighted by atomic mass is 10.1. The Labute approximate surface area is 111 Å². The van der Waals surface area contributed by atoms with E-state index in [4.69, 9.17) is 9.47 Å². The van der Waals surface area contributed by atoms with Gasteiger partial charge in [0.1, 0.15) is 0 Å². The van der Waals surface area contributed by atoms with E-state index in [-0.39, 0.29) is 12.7 Å². The summed E-state index contributed by atoms with van der Waals surface area (Å²) >= 11 is 0. The highest BCUT2D eigenvalue weighted by atomic mass is 16.7. The monoisotopic (exact) mass is 255 g/mol. The summed E-state index contributed by atoms with van der Waals surface area (Å²) in [5.41, 5.74) is 2.47. The first-order valence-corrected chi connectivity index (χ1v) is 6.00. The van der Waals surface area contributed by atoms with Crippen molar-refractivity contribution in [1.82, 2.24) is 0 Å². The minimum atomic E-state index is -0.165. The highest BCUT2D eigenvalue weighted by molar-refractivity contribution is 6.04. The smallest absolute Gasteiger partial charge is 0.255 e. The molecule has 19 heavy (non-hydrogen) atoms. The zero-order valence-electron chi connectivity index (χ0n) is 10.5. The summed E-state index contributed by atoms with van der Waals surface area (Å²) in [5, 5.41) is 2.84. The first-order valence-electron chi connectivity index (χ1n) is 6.00. The summed E-state index contributed by atoms with van der Waals surface area (Å²) < 4.78 is 10.5. The van der Waals surface area contributed by atoms with Gasteiger partial charge in [0.05, 0.1) is 0 Å². The fraction of sp³-hybridized carbons (Fsp3) is 0.133. The topological polar surface area (TPSA) is 47.6 Å². The molecule has 2 aromatic carbocycles. The maximum atomic E-state index is 12.1. The van der Waals surface area contributed by atoms with Gasteiger partial charge in [0.15, 0.2) is 11.5 Å². The van der Waals surface area contributed by atoms with Crippen LogP contribution in [0.25, 0.3) is 0 Å². The number of fused-ring (bicyclic) bond motifs is 1. The standard InChI is InChI=1S/C15H13NO3/c1-10-2-5-12(6-3-10)16-15(17)11-4-7-13-14(8-11)19-9-18-13/h2-8H,9H2,1H3,(H,16,17). The predicted molar refractivity (Wildman–Crippen MR) is 71.7 cm³/mol. The maximum Gasteiger partial charge on any atom is 0.255 e. The minimum absolute atomic E-state index is 0.165. The Hall–Kier alpha value is -2.49. The first-order chi connectivity index (χ1) is 9.22. The van der Waals surface area contributed by atoms with Gasteiger partial charge >= 0.3 is 0 Å². The molecule has 0 unspecified atom stereocenters. The fourth-order valence-corrected chi connectivity index (χ4v) is 1.88. The minimum Gasteiger partial charge on any atom is -0.454 e. The van der Waals surface area contributed by atoms with E-state index < -0.39 is 0 Å². The van der Waals surface area contributed by atoms with Crippen LogP contribution in [0, 0.1) is 6.92 Å². The van der Waals surface area contributed by atoms with Gasteiger partial charge in [-0.2, -0.15) is 0 Å². The van der Waals surface area contributed by atoms with E-state index in [0.29, 0.717) is 17.1 Å². The second-order valence-electron chi connectivity index (χ2n) is 4.39. The number of aryl methyl sites for hydroxylation is 1. The summed E-state index contributed by atoms with van der Waals surface area (Å²) in [6.07, 6.45) is 0. The molecule has 0 fully saturated rings. The van der Waals surface area contributed by atoms with Gasteiger partial charge in [0.2, 0.25) is 6.79 Å². The van der Waals surface area contributed by atoms with E-state index in [9.17, 15) is 4.79 Å². The molecule has 0 aliphatic carbocycles. The zero-order chi connectivity index (χ0) is 13.2. The van der Waals surface area contributed by atoms with E-state index >= 15 is 0 Å². The van der Waals surface area contributed by atoms with Crippen molar-refractivity contribution in [2.45, 2.75) is 6.92 Å². The number of benzene rings is 2. The summed E-state index contributed by atoms with van der Waals surface area (Å²) in [4.78, 5) is 12.1. The number of hydrogen-bond donors (Lipinski definition) is 1. The molecule has 2 aromatic rings. The molecule has 1 aliphatic heterocycles. The zero-order valence-corrected chi connectivity index (χ0v) is 10.5. The Balaban J connectivity index is 1.78. The molecule has 4 nitrogen and oxygen atoms in total. The lowest BCUT2D eigenvalue weighted by Gasteiger charge is -2.06. The Morgan fingerprint density at radius 3 is 2.58 bits per heavy atom. The van der Waals surface area contributed by atoms with E-state index in [1.807, 2.05) is 31.2 Å². The average molecular weight is 255 g/mol. The van der Waals surface area contributed by atoms with Crippen LogP contribution in [0.2, 0.25) is 0 Å². The molecule has 0 spiro atoms. The van der Waals surface area contributed by atoms with E-state index in [1.165, 1.54) is 0 Å². The highest BCUT2D eigenvalue weighted by Gasteiger charge is 2.16. The van der Waals surface area contributed by atoms with Crippen LogP contribution < -0.4 is 14.8 Å². The van der Waals surface area contributed by atoms with Crippen LogP contribution in [0.4, 0.5) is 5.69 Å². The quantitative estimate of drug-likeness (QED) is 0.897. The second kappa shape index (κ2) is 4.65. The third-order valence-corrected chi connectivity index (χ3v) is 2.94. The summed E-state index contributed by atoms with van der Waals surface area (Å²) in [6.45, 7) is 2.21. The fourth-order valence-electron chi connectivity index (χ4n) is 1.88. The summed E-state index contributed by atoms with van der Waals surface area (Å²) in [6, 6.07) is 12.8. The normalized spacial score (nSPS) is 12.3. The lowest BCUT2D eigenvalue weighted by Crippen LogP contribution is -2.11. The number of ether oxygens (including phenoxy) is 2. The molecule has 4 heteroatoms. The maximum absolute atomic E-state index is 12.1. The Bertz CT molecular complexity index is 620. The van der Waals surface area contributed by atoms with Crippen LogP contribution in [0.15, 0.2) is 42.5 Å². The predicted octanol–water partition coefficient (Wildman–Crippen LogP) is 2.98. The van der Waals surface area contributed by atoms with Gasteiger partial charge in [-0.15, -0.1) is 0 Å². The number of hydrogen-bond acceptors (Lipinski definition) is 3. The van der Waals surface area contributed by atoms with Crippen LogP contribution in [0.5, 0.6) is 11.5 Å². The molecule has 96 valence electrons. The average Bonchev–Trinajstić information content (AvgIpc) is 2.88. The van der Waals surface area contributed by atoms with Crippen LogP contribution in [0.3, 0.4) is 0 Å². The van der Waals surface area contributed by atoms with Gasteiger partial charge < -0.3 is 14.8 Å². The van der Waals surface area contributed by atoms with Crippen LogP contribution >= 0.6 is 0 Å². The first kappa shape index (κ1) is 11.6. The molecule has 1 amide bonds. The van der Waals surface area contributed by atoms with E-state index in [1.54, 1.807) is 18.2 Å². The number of amides is 1. The van der Waals surface area contributed by atoms with Gasteiger partial charge in [-0.3, -0.25) is 4.79 Å². The number of rotatable bonds is 2. The number of anilines is 1. The van der Waals surface area contributed by atoms with Gasteiger partial charge in [0, 0.05) is 11.3 Å². The molecule has 1 heterocycles. The molecule has 1 N–H and O–H groups in total. The molecule has 0 saturated carbocycles. The molecule has 0 saturated heterocycles. The van der Waals surface area contributed by atoms with Crippen molar-refractivity contribution in [3.05, 3.63) is 53.6 Å². The molecule has 1 aliphatic rings. The van der Waals surface area contributed by atoms with Gasteiger partial charge in [-0.1, -0.05) is 17.7 Å². The molecule has 3 rings (SSSR count). The van der Waals surface area contributed by atoms with Crippen molar-refractivity contribution in [3.63, 3.8) is 0 Å². The van der Waals surface area contributed by atoms with Gasteiger partial charge in [0.25, 0.3) is 5.91 Å². The van der Waals surface area contributed by atoms with Crippen molar-refractivity contribution >= 4 is 11.6 Å². The molecule has 0 bridgehead atoms. The SMILES string of the molecule is Cc1ccc(NC(=O)c2ccc3c(c2)OCO3)cc1. The lowest BCUT2D eigenvalue weighted by molar-refractivity contribution is 0.102. The van der Waals surface area contributed by atoms with Crippen molar-refractivity contribution in [1.29, 1.82) is 0 Å². The van der Waals surface area contributed by atoms with Crippen molar-refractivity contribution in [2.24, 2.45) is 0 Å². The Kier molecular flexibility index (Phi) is 2.83. The van der Waals surface area contributed by atoms with Crippen molar-refractivity contribution in [3.8, 4) is 11.5 Å². The number of carbonyl (C=O) groups excluding carboxylic acids is 1. The van der Waals surface area contributed by atoms with Crippen LogP contribution in [-0.4, -0.2) is 12.7 Å². The van der Waals surface area contributed by atoms with Crippen LogP contribution in [0.1, 0.15) is 15.9 Å². The second-order valence-corrected chi connectivity index (χ2v) is 4.39. The third-order valence-electron chi connectivity index (χ3n) is 2.94. The van der Waals surface area contributed by atoms with Crippen LogP contribution in [-0.2, 0) is 0 Å². The molecule has 0 atom stereocenters. The van der Waals surface area contributed by atoms with E-state index in [0.717, 1.165) is 11.3 Å². The number of nitrogens with one attached hydrogen (secondary N) is 1. The Morgan fingerprint density at radius 1 is 1.05 bits per heavy atom.